The first-order chi connectivity index (χ1) is 7.78. The largest absolute Gasteiger partial charge is 0.396 e. The van der Waals surface area contributed by atoms with Gasteiger partial charge in [-0.25, -0.2) is 0 Å². The van der Waals surface area contributed by atoms with Gasteiger partial charge in [0.05, 0.1) is 0 Å². The van der Waals surface area contributed by atoms with Crippen molar-refractivity contribution in [1.29, 1.82) is 0 Å². The normalized spacial score (nSPS) is 30.0. The van der Waals surface area contributed by atoms with Gasteiger partial charge in [0.1, 0.15) is 0 Å². The van der Waals surface area contributed by atoms with E-state index < -0.39 is 0 Å². The molecule has 0 radical (unpaired) electrons. The third-order valence-electron chi connectivity index (χ3n) is 4.32. The molecule has 2 rings (SSSR count). The van der Waals surface area contributed by atoms with E-state index in [0.717, 1.165) is 12.5 Å². The smallest absolute Gasteiger partial charge is 0.0471 e. The van der Waals surface area contributed by atoms with Crippen molar-refractivity contribution in [2.75, 3.05) is 46.4 Å². The van der Waals surface area contributed by atoms with Gasteiger partial charge in [-0.15, -0.1) is 0 Å². The van der Waals surface area contributed by atoms with Crippen LogP contribution >= 0.6 is 0 Å². The summed E-state index contributed by atoms with van der Waals surface area (Å²) >= 11 is 0. The summed E-state index contributed by atoms with van der Waals surface area (Å²) in [7, 11) is 2.22. The topological polar surface area (TPSA) is 26.7 Å². The standard InChI is InChI=1S/C13H26N2O/c1-14-6-2-12(3-7-14)4-8-15-9-5-13(10-15)11-16/h12-13,16H,2-11H2,1H3. The Morgan fingerprint density at radius 2 is 1.75 bits per heavy atom. The van der Waals surface area contributed by atoms with Gasteiger partial charge in [0, 0.05) is 13.2 Å². The van der Waals surface area contributed by atoms with E-state index in [1.165, 1.54) is 51.9 Å². The van der Waals surface area contributed by atoms with Gasteiger partial charge in [-0.1, -0.05) is 0 Å². The van der Waals surface area contributed by atoms with Crippen molar-refractivity contribution in [3.05, 3.63) is 0 Å². The molecule has 3 nitrogen and oxygen atoms in total. The van der Waals surface area contributed by atoms with Crippen molar-refractivity contribution in [3.8, 4) is 0 Å². The second kappa shape index (κ2) is 5.99. The van der Waals surface area contributed by atoms with Gasteiger partial charge in [0.25, 0.3) is 0 Å². The molecule has 0 saturated carbocycles. The average molecular weight is 226 g/mol. The van der Waals surface area contributed by atoms with E-state index in [2.05, 4.69) is 16.8 Å². The first-order valence-electron chi connectivity index (χ1n) is 6.79. The lowest BCUT2D eigenvalue weighted by Gasteiger charge is -2.30. The van der Waals surface area contributed by atoms with E-state index in [9.17, 15) is 0 Å². The number of hydrogen-bond donors (Lipinski definition) is 1. The van der Waals surface area contributed by atoms with E-state index in [4.69, 9.17) is 5.11 Å². The molecule has 0 aromatic rings. The van der Waals surface area contributed by atoms with Crippen molar-refractivity contribution >= 4 is 0 Å². The predicted molar refractivity (Wildman–Crippen MR) is 66.5 cm³/mol. The Morgan fingerprint density at radius 1 is 1.06 bits per heavy atom. The maximum Gasteiger partial charge on any atom is 0.0471 e. The van der Waals surface area contributed by atoms with E-state index in [1.807, 2.05) is 0 Å². The van der Waals surface area contributed by atoms with Gasteiger partial charge in [0.2, 0.25) is 0 Å². The van der Waals surface area contributed by atoms with Gasteiger partial charge < -0.3 is 14.9 Å². The molecule has 2 aliphatic heterocycles. The van der Waals surface area contributed by atoms with Crippen molar-refractivity contribution in [2.24, 2.45) is 11.8 Å². The van der Waals surface area contributed by atoms with Crippen molar-refractivity contribution in [3.63, 3.8) is 0 Å². The molecular formula is C13H26N2O. The molecule has 0 spiro atoms. The molecule has 16 heavy (non-hydrogen) atoms. The molecule has 2 fully saturated rings. The molecule has 0 aromatic carbocycles. The minimum Gasteiger partial charge on any atom is -0.396 e. The molecule has 0 aliphatic carbocycles. The Morgan fingerprint density at radius 3 is 2.38 bits per heavy atom. The SMILES string of the molecule is CN1CCC(CCN2CCC(CO)C2)CC1. The van der Waals surface area contributed by atoms with Crippen LogP contribution in [0.25, 0.3) is 0 Å². The summed E-state index contributed by atoms with van der Waals surface area (Å²) in [5, 5.41) is 9.10. The highest BCUT2D eigenvalue weighted by Crippen LogP contribution is 2.22. The number of hydrogen-bond acceptors (Lipinski definition) is 3. The molecule has 94 valence electrons. The van der Waals surface area contributed by atoms with Crippen LogP contribution in [0.3, 0.4) is 0 Å². The summed E-state index contributed by atoms with van der Waals surface area (Å²) in [6, 6.07) is 0. The lowest BCUT2D eigenvalue weighted by Crippen LogP contribution is -2.32. The third kappa shape index (κ3) is 3.44. The Bertz CT molecular complexity index is 200. The number of aliphatic hydroxyl groups excluding tert-OH is 1. The molecule has 2 heterocycles. The molecule has 1 atom stereocenters. The molecule has 2 aliphatic rings. The van der Waals surface area contributed by atoms with E-state index in [0.29, 0.717) is 12.5 Å². The number of aliphatic hydroxyl groups is 1. The van der Waals surface area contributed by atoms with Crippen molar-refractivity contribution in [2.45, 2.75) is 25.7 Å². The molecule has 3 heteroatoms. The summed E-state index contributed by atoms with van der Waals surface area (Å²) in [6.07, 6.45) is 5.33. The third-order valence-corrected chi connectivity index (χ3v) is 4.32. The number of rotatable bonds is 4. The van der Waals surface area contributed by atoms with Crippen LogP contribution in [0.4, 0.5) is 0 Å². The first-order valence-corrected chi connectivity index (χ1v) is 6.79. The number of piperidine rings is 1. The van der Waals surface area contributed by atoms with Crippen LogP contribution in [0.1, 0.15) is 25.7 Å². The Hall–Kier alpha value is -0.120. The van der Waals surface area contributed by atoms with Crippen molar-refractivity contribution < 1.29 is 5.11 Å². The zero-order valence-corrected chi connectivity index (χ0v) is 10.6. The lowest BCUT2D eigenvalue weighted by molar-refractivity contribution is 0.188. The summed E-state index contributed by atoms with van der Waals surface area (Å²) in [5.74, 6) is 1.50. The van der Waals surface area contributed by atoms with Crippen LogP contribution in [0.5, 0.6) is 0 Å². The van der Waals surface area contributed by atoms with Crippen LogP contribution in [0, 0.1) is 11.8 Å². The zero-order valence-electron chi connectivity index (χ0n) is 10.6. The molecular weight excluding hydrogens is 200 g/mol. The second-order valence-electron chi connectivity index (χ2n) is 5.67. The monoisotopic (exact) mass is 226 g/mol. The molecule has 0 amide bonds. The first kappa shape index (κ1) is 12.3. The van der Waals surface area contributed by atoms with Gasteiger partial charge >= 0.3 is 0 Å². The fourth-order valence-electron chi connectivity index (χ4n) is 2.98. The van der Waals surface area contributed by atoms with Crippen molar-refractivity contribution in [1.82, 2.24) is 9.80 Å². The molecule has 0 bridgehead atoms. The fourth-order valence-corrected chi connectivity index (χ4v) is 2.98. The highest BCUT2D eigenvalue weighted by atomic mass is 16.3. The number of nitrogens with zero attached hydrogens (tertiary/aromatic N) is 2. The molecule has 2 saturated heterocycles. The fraction of sp³-hybridized carbons (Fsp3) is 1.00. The molecule has 0 aromatic heterocycles. The second-order valence-corrected chi connectivity index (χ2v) is 5.67. The molecule has 1 N–H and O–H groups in total. The summed E-state index contributed by atoms with van der Waals surface area (Å²) in [5.41, 5.74) is 0. The average Bonchev–Trinajstić information content (AvgIpc) is 2.76. The maximum absolute atomic E-state index is 9.10. The number of likely N-dealkylation sites (tertiary alicyclic amines) is 2. The Kier molecular flexibility index (Phi) is 4.62. The quantitative estimate of drug-likeness (QED) is 0.776. The van der Waals surface area contributed by atoms with E-state index in [1.54, 1.807) is 0 Å². The highest BCUT2D eigenvalue weighted by Gasteiger charge is 2.23. The predicted octanol–water partition coefficient (Wildman–Crippen LogP) is 1.03. The minimum absolute atomic E-state index is 0.380. The Labute approximate surface area is 99.4 Å². The maximum atomic E-state index is 9.10. The highest BCUT2D eigenvalue weighted by molar-refractivity contribution is 4.77. The zero-order chi connectivity index (χ0) is 11.4. The van der Waals surface area contributed by atoms with E-state index >= 15 is 0 Å². The van der Waals surface area contributed by atoms with Gasteiger partial charge in [-0.05, 0) is 70.7 Å². The summed E-state index contributed by atoms with van der Waals surface area (Å²) < 4.78 is 0. The summed E-state index contributed by atoms with van der Waals surface area (Å²) in [4.78, 5) is 4.98. The lowest BCUT2D eigenvalue weighted by atomic mass is 9.94. The van der Waals surface area contributed by atoms with E-state index in [-0.39, 0.29) is 0 Å². The van der Waals surface area contributed by atoms with Gasteiger partial charge in [0.15, 0.2) is 0 Å². The van der Waals surface area contributed by atoms with Crippen LogP contribution in [-0.2, 0) is 0 Å². The van der Waals surface area contributed by atoms with Crippen LogP contribution in [0.15, 0.2) is 0 Å². The van der Waals surface area contributed by atoms with Crippen LogP contribution in [-0.4, -0.2) is 61.3 Å². The minimum atomic E-state index is 0.380. The molecule has 1 unspecified atom stereocenters. The van der Waals surface area contributed by atoms with Gasteiger partial charge in [-0.3, -0.25) is 0 Å². The van der Waals surface area contributed by atoms with Crippen LogP contribution < -0.4 is 0 Å². The summed E-state index contributed by atoms with van der Waals surface area (Å²) in [6.45, 7) is 6.53. The van der Waals surface area contributed by atoms with Crippen LogP contribution in [0.2, 0.25) is 0 Å². The Balaban J connectivity index is 1.61. The van der Waals surface area contributed by atoms with Gasteiger partial charge in [-0.2, -0.15) is 0 Å².